The predicted octanol–water partition coefficient (Wildman–Crippen LogP) is 17.9. The van der Waals surface area contributed by atoms with Gasteiger partial charge in [-0.15, -0.1) is 0 Å². The van der Waals surface area contributed by atoms with Gasteiger partial charge in [-0.1, -0.05) is 181 Å². The Morgan fingerprint density at radius 2 is 0.603 bits per heavy atom. The van der Waals surface area contributed by atoms with E-state index in [2.05, 4.69) is 280 Å². The van der Waals surface area contributed by atoms with Crippen LogP contribution in [0.1, 0.15) is 11.1 Å². The second-order valence-corrected chi connectivity index (χ2v) is 19.3. The minimum Gasteiger partial charge on any atom is -0.306 e. The molecule has 0 bridgehead atoms. The van der Waals surface area contributed by atoms with E-state index in [4.69, 9.17) is 4.98 Å². The fraction of sp³-hybridized carbons (Fsp3) is 0.0299. The SMILES string of the molecule is Cc1cc(C)cc(-c2c(-n3c4ccccc4c4ccccc43)c(N3c4ccccc4N(c4ccccc4)c4ccccc43)nc(-n3c4ccccc4c4ccccc43)c2-n2c3ccccc3c3ccccc32)c1. The largest absolute Gasteiger partial charge is 0.306 e. The van der Waals surface area contributed by atoms with Gasteiger partial charge in [0.1, 0.15) is 11.4 Å². The van der Waals surface area contributed by atoms with E-state index in [9.17, 15) is 0 Å². The average molecular weight is 935 g/mol. The van der Waals surface area contributed by atoms with E-state index in [1.807, 2.05) is 0 Å². The van der Waals surface area contributed by atoms with E-state index < -0.39 is 0 Å². The van der Waals surface area contributed by atoms with E-state index in [1.54, 1.807) is 0 Å². The molecule has 14 aromatic rings. The van der Waals surface area contributed by atoms with Gasteiger partial charge in [0.15, 0.2) is 11.6 Å². The van der Waals surface area contributed by atoms with Crippen LogP contribution < -0.4 is 9.80 Å². The topological polar surface area (TPSA) is 34.2 Å². The summed E-state index contributed by atoms with van der Waals surface area (Å²) in [5.74, 6) is 1.62. The van der Waals surface area contributed by atoms with E-state index in [1.165, 1.54) is 43.4 Å². The average Bonchev–Trinajstić information content (AvgIpc) is 4.08. The molecule has 5 heterocycles. The number of anilines is 6. The zero-order valence-electron chi connectivity index (χ0n) is 40.3. The zero-order valence-corrected chi connectivity index (χ0v) is 40.3. The minimum atomic E-state index is 0.801. The number of aromatic nitrogens is 4. The lowest BCUT2D eigenvalue weighted by Crippen LogP contribution is -2.26. The highest BCUT2D eigenvalue weighted by molar-refractivity contribution is 6.15. The van der Waals surface area contributed by atoms with E-state index in [0.29, 0.717) is 0 Å². The highest BCUT2D eigenvalue weighted by Crippen LogP contribution is 2.57. The Labute approximate surface area is 422 Å². The van der Waals surface area contributed by atoms with Crippen molar-refractivity contribution < 1.29 is 0 Å². The summed E-state index contributed by atoms with van der Waals surface area (Å²) in [7, 11) is 0. The van der Waals surface area contributed by atoms with Crippen LogP contribution in [0.2, 0.25) is 0 Å². The summed E-state index contributed by atoms with van der Waals surface area (Å²) < 4.78 is 7.47. The van der Waals surface area contributed by atoms with Gasteiger partial charge in [-0.3, -0.25) is 9.47 Å². The van der Waals surface area contributed by atoms with Crippen LogP contribution in [0.3, 0.4) is 0 Å². The fourth-order valence-electron chi connectivity index (χ4n) is 12.2. The Morgan fingerprint density at radius 3 is 1.00 bits per heavy atom. The first-order valence-electron chi connectivity index (χ1n) is 25.1. The summed E-state index contributed by atoms with van der Waals surface area (Å²) in [4.78, 5) is 11.3. The molecule has 73 heavy (non-hydrogen) atoms. The van der Waals surface area contributed by atoms with E-state index in [0.717, 1.165) is 95.7 Å². The molecular weight excluding hydrogens is 889 g/mol. The monoisotopic (exact) mass is 934 g/mol. The van der Waals surface area contributed by atoms with Crippen LogP contribution in [0.4, 0.5) is 34.3 Å². The Bertz CT molecular complexity index is 4330. The first kappa shape index (κ1) is 41.2. The molecule has 0 N–H and O–H groups in total. The smallest absolute Gasteiger partial charge is 0.165 e. The zero-order chi connectivity index (χ0) is 48.3. The van der Waals surface area contributed by atoms with Gasteiger partial charge < -0.3 is 14.0 Å². The van der Waals surface area contributed by atoms with Crippen molar-refractivity contribution in [3.8, 4) is 28.3 Å². The minimum absolute atomic E-state index is 0.801. The van der Waals surface area contributed by atoms with Crippen molar-refractivity contribution in [1.82, 2.24) is 18.7 Å². The van der Waals surface area contributed by atoms with Crippen LogP contribution >= 0.6 is 0 Å². The summed E-state index contributed by atoms with van der Waals surface area (Å²) in [6, 6.07) is 88.5. The molecule has 0 unspecified atom stereocenters. The normalized spacial score (nSPS) is 12.5. The molecule has 0 radical (unpaired) electrons. The van der Waals surface area contributed by atoms with Gasteiger partial charge in [0.2, 0.25) is 0 Å². The number of para-hydroxylation sites is 11. The van der Waals surface area contributed by atoms with Gasteiger partial charge in [0.25, 0.3) is 0 Å². The lowest BCUT2D eigenvalue weighted by Gasteiger charge is -2.41. The highest BCUT2D eigenvalue weighted by atomic mass is 15.3. The Kier molecular flexibility index (Phi) is 8.99. The van der Waals surface area contributed by atoms with Gasteiger partial charge in [-0.25, -0.2) is 4.98 Å². The van der Waals surface area contributed by atoms with Crippen LogP contribution in [-0.4, -0.2) is 18.7 Å². The summed E-state index contributed by atoms with van der Waals surface area (Å²) in [6.45, 7) is 4.45. The van der Waals surface area contributed by atoms with Crippen LogP contribution in [-0.2, 0) is 0 Å². The number of rotatable bonds is 6. The summed E-state index contributed by atoms with van der Waals surface area (Å²) in [5.41, 5.74) is 18.3. The molecule has 15 rings (SSSR count). The third-order valence-corrected chi connectivity index (χ3v) is 15.0. The van der Waals surface area contributed by atoms with Crippen molar-refractivity contribution in [2.45, 2.75) is 13.8 Å². The molecule has 0 amide bonds. The number of nitrogens with zero attached hydrogens (tertiary/aromatic N) is 6. The van der Waals surface area contributed by atoms with Crippen molar-refractivity contribution in [3.05, 3.63) is 254 Å². The van der Waals surface area contributed by atoms with Crippen LogP contribution in [0.25, 0.3) is 93.7 Å². The number of hydrogen-bond donors (Lipinski definition) is 0. The second kappa shape index (κ2) is 15.9. The molecule has 4 aromatic heterocycles. The van der Waals surface area contributed by atoms with E-state index in [-0.39, 0.29) is 0 Å². The number of benzene rings is 10. The number of aryl methyl sites for hydroxylation is 2. The van der Waals surface area contributed by atoms with Crippen molar-refractivity contribution >= 4 is 99.7 Å². The number of pyridine rings is 1. The van der Waals surface area contributed by atoms with Crippen molar-refractivity contribution in [3.63, 3.8) is 0 Å². The molecule has 0 atom stereocenters. The quantitative estimate of drug-likeness (QED) is 0.167. The predicted molar refractivity (Wildman–Crippen MR) is 305 cm³/mol. The summed E-state index contributed by atoms with van der Waals surface area (Å²) >= 11 is 0. The maximum Gasteiger partial charge on any atom is 0.165 e. The molecule has 0 aliphatic carbocycles. The molecule has 0 saturated carbocycles. The molecule has 1 aliphatic rings. The van der Waals surface area contributed by atoms with Crippen molar-refractivity contribution in [2.75, 3.05) is 9.80 Å². The highest BCUT2D eigenvalue weighted by Gasteiger charge is 2.37. The van der Waals surface area contributed by atoms with Crippen LogP contribution in [0.5, 0.6) is 0 Å². The Morgan fingerprint density at radius 1 is 0.288 bits per heavy atom. The lowest BCUT2D eigenvalue weighted by atomic mass is 9.96. The van der Waals surface area contributed by atoms with Crippen LogP contribution in [0, 0.1) is 13.8 Å². The molecule has 6 heteroatoms. The maximum atomic E-state index is 6.43. The number of fused-ring (bicyclic) bond motifs is 11. The van der Waals surface area contributed by atoms with Gasteiger partial charge in [0, 0.05) is 43.6 Å². The lowest BCUT2D eigenvalue weighted by molar-refractivity contribution is 0.992. The fourth-order valence-corrected chi connectivity index (χ4v) is 12.2. The molecule has 10 aromatic carbocycles. The number of hydrogen-bond acceptors (Lipinski definition) is 3. The molecule has 1 aliphatic heterocycles. The first-order valence-corrected chi connectivity index (χ1v) is 25.1. The standard InChI is InChI=1S/C67H46N6/c1-43-40-44(2)42-45(41-43)63-64(70-53-30-12-6-24-47(53)48-25-7-13-31-54(48)70)66(72-57-34-16-10-28-51(57)52-29-11-17-35-58(52)72)68-67(65(63)71-55-32-14-8-26-49(55)50-27-9-15-33-56(50)71)73-61-38-20-18-36-59(61)69(46-22-4-3-5-23-46)60-37-19-21-39-62(60)73/h3-42H,1-2H3. The molecule has 6 nitrogen and oxygen atoms in total. The van der Waals surface area contributed by atoms with E-state index >= 15 is 0 Å². The molecule has 0 saturated heterocycles. The third-order valence-electron chi connectivity index (χ3n) is 15.0. The van der Waals surface area contributed by atoms with Crippen LogP contribution in [0.15, 0.2) is 243 Å². The molecule has 344 valence electrons. The Hall–Kier alpha value is -9.65. The van der Waals surface area contributed by atoms with Crippen molar-refractivity contribution in [1.29, 1.82) is 0 Å². The van der Waals surface area contributed by atoms with Gasteiger partial charge in [0.05, 0.1) is 55.8 Å². The first-order chi connectivity index (χ1) is 36.1. The second-order valence-electron chi connectivity index (χ2n) is 19.3. The molecule has 0 fully saturated rings. The maximum absolute atomic E-state index is 6.43. The molecule has 0 spiro atoms. The summed E-state index contributed by atoms with van der Waals surface area (Å²) in [5, 5.41) is 7.05. The Balaban J connectivity index is 1.24. The third kappa shape index (κ3) is 6.01. The van der Waals surface area contributed by atoms with Crippen molar-refractivity contribution in [2.24, 2.45) is 0 Å². The summed E-state index contributed by atoms with van der Waals surface area (Å²) in [6.07, 6.45) is 0. The molecular formula is C67H46N6. The van der Waals surface area contributed by atoms with Gasteiger partial charge in [-0.05, 0) is 92.2 Å². The van der Waals surface area contributed by atoms with Gasteiger partial charge >= 0.3 is 0 Å². The van der Waals surface area contributed by atoms with Gasteiger partial charge in [-0.2, -0.15) is 0 Å².